The number of benzene rings is 2. The molecule has 1 heterocycles. The van der Waals surface area contributed by atoms with Crippen LogP contribution in [0.25, 0.3) is 11.0 Å². The van der Waals surface area contributed by atoms with Crippen LogP contribution in [0.5, 0.6) is 11.5 Å². The predicted octanol–water partition coefficient (Wildman–Crippen LogP) is 2.64. The molecule has 2 aromatic carbocycles. The molecule has 1 unspecified atom stereocenters. The van der Waals surface area contributed by atoms with Gasteiger partial charge >= 0.3 is 5.63 Å². The number of quaternary nitrogens is 1. The molecule has 0 aliphatic carbocycles. The zero-order valence-corrected chi connectivity index (χ0v) is 16.5. The summed E-state index contributed by atoms with van der Waals surface area (Å²) in [5.74, 6) is 1.44. The van der Waals surface area contributed by atoms with Crippen LogP contribution < -0.4 is 20.0 Å². The number of fused-ring (bicyclic) bond motifs is 1. The second kappa shape index (κ2) is 7.84. The first-order chi connectivity index (χ1) is 12.9. The van der Waals surface area contributed by atoms with Gasteiger partial charge in [-0.25, -0.2) is 4.79 Å². The highest BCUT2D eigenvalue weighted by atomic mass is 16.5. The van der Waals surface area contributed by atoms with E-state index in [4.69, 9.17) is 13.9 Å². The first-order valence-electron chi connectivity index (χ1n) is 8.98. The first-order valence-corrected chi connectivity index (χ1v) is 8.98. The molecule has 142 valence electrons. The molecule has 5 nitrogen and oxygen atoms in total. The van der Waals surface area contributed by atoms with E-state index in [0.29, 0.717) is 5.58 Å². The van der Waals surface area contributed by atoms with Gasteiger partial charge in [0.1, 0.15) is 18.7 Å². The summed E-state index contributed by atoms with van der Waals surface area (Å²) in [7, 11) is 5.38. The lowest BCUT2D eigenvalue weighted by atomic mass is 10.0. The first kappa shape index (κ1) is 19.0. The van der Waals surface area contributed by atoms with Crippen molar-refractivity contribution in [1.29, 1.82) is 0 Å². The van der Waals surface area contributed by atoms with Crippen molar-refractivity contribution in [2.75, 3.05) is 21.3 Å². The Bertz CT molecular complexity index is 1020. The minimum atomic E-state index is -0.301. The van der Waals surface area contributed by atoms with Gasteiger partial charge in [0.2, 0.25) is 0 Å². The third-order valence-electron chi connectivity index (χ3n) is 4.96. The van der Waals surface area contributed by atoms with Crippen LogP contribution in [-0.4, -0.2) is 21.3 Å². The Hall–Kier alpha value is -2.79. The Morgan fingerprint density at radius 3 is 2.41 bits per heavy atom. The molecule has 0 saturated carbocycles. The SMILES string of the molecule is COc1ccc(C[NH+](C)Cc2cc(=O)oc3c(C)c(C)ccc23)cc1OC. The summed E-state index contributed by atoms with van der Waals surface area (Å²) in [5, 5.41) is 1.00. The minimum Gasteiger partial charge on any atom is -0.493 e. The third-order valence-corrected chi connectivity index (χ3v) is 4.96. The molecule has 1 N–H and O–H groups in total. The van der Waals surface area contributed by atoms with E-state index in [-0.39, 0.29) is 5.63 Å². The van der Waals surface area contributed by atoms with E-state index < -0.39 is 0 Å². The molecule has 0 amide bonds. The molecular weight excluding hydrogens is 342 g/mol. The molecule has 0 aliphatic heterocycles. The average Bonchev–Trinajstić information content (AvgIpc) is 2.64. The van der Waals surface area contributed by atoms with E-state index in [9.17, 15) is 4.79 Å². The highest BCUT2D eigenvalue weighted by Crippen LogP contribution is 2.27. The van der Waals surface area contributed by atoms with Gasteiger partial charge in [-0.2, -0.15) is 0 Å². The van der Waals surface area contributed by atoms with E-state index in [1.165, 1.54) is 4.90 Å². The number of nitrogens with one attached hydrogen (secondary N) is 1. The molecular formula is C22H26NO4+. The monoisotopic (exact) mass is 368 g/mol. The summed E-state index contributed by atoms with van der Waals surface area (Å²) in [6, 6.07) is 11.7. The van der Waals surface area contributed by atoms with Crippen molar-refractivity contribution in [1.82, 2.24) is 0 Å². The van der Waals surface area contributed by atoms with Crippen molar-refractivity contribution in [2.45, 2.75) is 26.9 Å². The number of hydrogen-bond donors (Lipinski definition) is 1. The van der Waals surface area contributed by atoms with Gasteiger partial charge in [0.05, 0.1) is 21.3 Å². The number of rotatable bonds is 6. The number of ether oxygens (including phenoxy) is 2. The highest BCUT2D eigenvalue weighted by molar-refractivity contribution is 5.83. The lowest BCUT2D eigenvalue weighted by molar-refractivity contribution is -0.907. The quantitative estimate of drug-likeness (QED) is 0.680. The summed E-state index contributed by atoms with van der Waals surface area (Å²) in [5.41, 5.74) is 4.67. The third kappa shape index (κ3) is 3.98. The van der Waals surface area contributed by atoms with Gasteiger partial charge in [-0.1, -0.05) is 12.1 Å². The molecule has 5 heteroatoms. The van der Waals surface area contributed by atoms with Gasteiger partial charge < -0.3 is 18.8 Å². The molecule has 0 fully saturated rings. The van der Waals surface area contributed by atoms with Gasteiger partial charge in [-0.15, -0.1) is 0 Å². The van der Waals surface area contributed by atoms with E-state index in [0.717, 1.165) is 52.2 Å². The fraction of sp³-hybridized carbons (Fsp3) is 0.318. The van der Waals surface area contributed by atoms with Crippen molar-refractivity contribution >= 4 is 11.0 Å². The topological polar surface area (TPSA) is 53.1 Å². The molecule has 27 heavy (non-hydrogen) atoms. The van der Waals surface area contributed by atoms with Crippen LogP contribution in [-0.2, 0) is 13.1 Å². The zero-order valence-electron chi connectivity index (χ0n) is 16.5. The van der Waals surface area contributed by atoms with Crippen LogP contribution in [0.3, 0.4) is 0 Å². The van der Waals surface area contributed by atoms with Gasteiger partial charge in [0, 0.05) is 22.6 Å². The smallest absolute Gasteiger partial charge is 0.336 e. The van der Waals surface area contributed by atoms with Crippen LogP contribution in [0.4, 0.5) is 0 Å². The van der Waals surface area contributed by atoms with Crippen LogP contribution in [0.15, 0.2) is 45.6 Å². The molecule has 0 aliphatic rings. The van der Waals surface area contributed by atoms with Crippen LogP contribution in [0.1, 0.15) is 22.3 Å². The standard InChI is InChI=1S/C22H25NO4/c1-14-6-8-18-17(11-21(24)27-22(18)15(14)2)13-23(3)12-16-7-9-19(25-4)20(10-16)26-5/h6-11H,12-13H2,1-5H3/p+1. The largest absolute Gasteiger partial charge is 0.493 e. The van der Waals surface area contributed by atoms with Crippen LogP contribution in [0, 0.1) is 13.8 Å². The molecule has 3 rings (SSSR count). The Labute approximate surface area is 159 Å². The van der Waals surface area contributed by atoms with Crippen molar-refractivity contribution in [2.24, 2.45) is 0 Å². The predicted molar refractivity (Wildman–Crippen MR) is 106 cm³/mol. The van der Waals surface area contributed by atoms with Gasteiger partial charge in [-0.05, 0) is 43.2 Å². The van der Waals surface area contributed by atoms with E-state index in [1.807, 2.05) is 38.1 Å². The molecule has 0 spiro atoms. The van der Waals surface area contributed by atoms with Crippen molar-refractivity contribution < 1.29 is 18.8 Å². The summed E-state index contributed by atoms with van der Waals surface area (Å²) in [6.07, 6.45) is 0. The van der Waals surface area contributed by atoms with E-state index in [1.54, 1.807) is 20.3 Å². The second-order valence-electron chi connectivity index (χ2n) is 6.97. The lowest BCUT2D eigenvalue weighted by Gasteiger charge is -2.17. The normalized spacial score (nSPS) is 12.2. The molecule has 1 atom stereocenters. The second-order valence-corrected chi connectivity index (χ2v) is 6.97. The van der Waals surface area contributed by atoms with Gasteiger partial charge in [-0.3, -0.25) is 0 Å². The Balaban J connectivity index is 1.87. The maximum Gasteiger partial charge on any atom is 0.336 e. The van der Waals surface area contributed by atoms with Gasteiger partial charge in [0.15, 0.2) is 11.5 Å². The van der Waals surface area contributed by atoms with Crippen molar-refractivity contribution in [3.63, 3.8) is 0 Å². The van der Waals surface area contributed by atoms with Crippen molar-refractivity contribution in [3.8, 4) is 11.5 Å². The van der Waals surface area contributed by atoms with E-state index >= 15 is 0 Å². The highest BCUT2D eigenvalue weighted by Gasteiger charge is 2.14. The number of hydrogen-bond acceptors (Lipinski definition) is 4. The fourth-order valence-corrected chi connectivity index (χ4v) is 3.40. The summed E-state index contributed by atoms with van der Waals surface area (Å²) >= 11 is 0. The number of methoxy groups -OCH3 is 2. The molecule has 1 aromatic heterocycles. The zero-order chi connectivity index (χ0) is 19.6. The van der Waals surface area contributed by atoms with Crippen LogP contribution in [0.2, 0.25) is 0 Å². The Morgan fingerprint density at radius 1 is 0.963 bits per heavy atom. The molecule has 3 aromatic rings. The maximum absolute atomic E-state index is 12.1. The minimum absolute atomic E-state index is 0.301. The molecule has 0 bridgehead atoms. The Kier molecular flexibility index (Phi) is 5.51. The Morgan fingerprint density at radius 2 is 1.70 bits per heavy atom. The van der Waals surface area contributed by atoms with Crippen LogP contribution >= 0.6 is 0 Å². The average molecular weight is 368 g/mol. The fourth-order valence-electron chi connectivity index (χ4n) is 3.40. The summed E-state index contributed by atoms with van der Waals surface area (Å²) in [4.78, 5) is 13.3. The lowest BCUT2D eigenvalue weighted by Crippen LogP contribution is -3.06. The maximum atomic E-state index is 12.1. The number of aryl methyl sites for hydroxylation is 2. The summed E-state index contributed by atoms with van der Waals surface area (Å²) in [6.45, 7) is 5.53. The van der Waals surface area contributed by atoms with Gasteiger partial charge in [0.25, 0.3) is 0 Å². The summed E-state index contributed by atoms with van der Waals surface area (Å²) < 4.78 is 16.2. The molecule has 0 radical (unpaired) electrons. The van der Waals surface area contributed by atoms with Crippen molar-refractivity contribution in [3.05, 3.63) is 69.1 Å². The van der Waals surface area contributed by atoms with E-state index in [2.05, 4.69) is 13.1 Å². The molecule has 0 saturated heterocycles.